The van der Waals surface area contributed by atoms with Crippen molar-refractivity contribution < 1.29 is 9.59 Å². The van der Waals surface area contributed by atoms with Crippen molar-refractivity contribution in [2.24, 2.45) is 0 Å². The van der Waals surface area contributed by atoms with Crippen molar-refractivity contribution in [3.05, 3.63) is 66.2 Å². The molecule has 1 atom stereocenters. The molecule has 136 valence electrons. The summed E-state index contributed by atoms with van der Waals surface area (Å²) in [6, 6.07) is 20.0. The predicted octanol–water partition coefficient (Wildman–Crippen LogP) is 3.07. The van der Waals surface area contributed by atoms with Gasteiger partial charge in [0.05, 0.1) is 0 Å². The summed E-state index contributed by atoms with van der Waals surface area (Å²) in [4.78, 5) is 29.0. The molecule has 3 amide bonds. The third-order valence-electron chi connectivity index (χ3n) is 4.40. The van der Waals surface area contributed by atoms with Crippen molar-refractivity contribution in [3.63, 3.8) is 0 Å². The van der Waals surface area contributed by atoms with Gasteiger partial charge in [-0.05, 0) is 0 Å². The molecule has 2 aromatic carbocycles. The molecule has 1 unspecified atom stereocenters. The number of carbonyl (C=O) groups is 2. The number of imide groups is 1. The van der Waals surface area contributed by atoms with Gasteiger partial charge in [-0.15, -0.1) is 0 Å². The van der Waals surface area contributed by atoms with Crippen LogP contribution in [0.25, 0.3) is 0 Å². The second kappa shape index (κ2) is 9.02. The Balaban J connectivity index is 1.79. The van der Waals surface area contributed by atoms with Gasteiger partial charge in [0.15, 0.2) is 0 Å². The van der Waals surface area contributed by atoms with Gasteiger partial charge >= 0.3 is 161 Å². The molecule has 1 heterocycles. The Labute approximate surface area is 161 Å². The van der Waals surface area contributed by atoms with Crippen LogP contribution in [0.15, 0.2) is 60.7 Å². The Morgan fingerprint density at radius 1 is 1.00 bits per heavy atom. The van der Waals surface area contributed by atoms with Crippen LogP contribution in [0.5, 0.6) is 0 Å². The molecule has 1 aliphatic heterocycles. The molecule has 1 aliphatic rings. The van der Waals surface area contributed by atoms with E-state index in [4.69, 9.17) is 0 Å². The number of hydrogen-bond donors (Lipinski definition) is 0. The fourth-order valence-electron chi connectivity index (χ4n) is 3.00. The Kier molecular flexibility index (Phi) is 6.48. The zero-order chi connectivity index (χ0) is 18.4. The number of unbranched alkanes of at least 4 members (excludes halogenated alkanes) is 1. The Hall–Kier alpha value is -2.10. The first-order valence-corrected chi connectivity index (χ1v) is 10.9. The van der Waals surface area contributed by atoms with E-state index in [-0.39, 0.29) is 31.7 Å². The normalized spacial score (nSPS) is 17.7. The van der Waals surface area contributed by atoms with E-state index in [1.807, 2.05) is 53.4 Å². The van der Waals surface area contributed by atoms with Gasteiger partial charge in [-0.3, -0.25) is 0 Å². The molecule has 1 fully saturated rings. The van der Waals surface area contributed by atoms with Crippen LogP contribution in [-0.4, -0.2) is 49.8 Å². The van der Waals surface area contributed by atoms with E-state index in [1.54, 1.807) is 0 Å². The van der Waals surface area contributed by atoms with Gasteiger partial charge in [0, 0.05) is 0 Å². The van der Waals surface area contributed by atoms with Gasteiger partial charge in [0.25, 0.3) is 0 Å². The van der Waals surface area contributed by atoms with Gasteiger partial charge in [-0.25, -0.2) is 0 Å². The van der Waals surface area contributed by atoms with Gasteiger partial charge < -0.3 is 0 Å². The van der Waals surface area contributed by atoms with Crippen LogP contribution in [0.3, 0.4) is 0 Å². The topological polar surface area (TPSA) is 40.6 Å². The average Bonchev–Trinajstić information content (AvgIpc) is 2.67. The number of benzene rings is 2. The molecular formula is C21H24N2O2Se. The summed E-state index contributed by atoms with van der Waals surface area (Å²) in [7, 11) is 0. The van der Waals surface area contributed by atoms with Crippen LogP contribution in [0.4, 0.5) is 4.79 Å². The third-order valence-corrected chi connectivity index (χ3v) is 6.88. The van der Waals surface area contributed by atoms with Gasteiger partial charge in [0.2, 0.25) is 0 Å². The van der Waals surface area contributed by atoms with Crippen LogP contribution in [0.1, 0.15) is 25.3 Å². The second-order valence-electron chi connectivity index (χ2n) is 6.41. The molecule has 3 rings (SSSR count). The van der Waals surface area contributed by atoms with Crippen LogP contribution < -0.4 is 4.46 Å². The van der Waals surface area contributed by atoms with Crippen molar-refractivity contribution in [3.8, 4) is 0 Å². The minimum absolute atomic E-state index is 0.00313. The summed E-state index contributed by atoms with van der Waals surface area (Å²) in [6.45, 7) is 3.65. The van der Waals surface area contributed by atoms with E-state index in [1.165, 1.54) is 9.36 Å². The first-order valence-electron chi connectivity index (χ1n) is 9.05. The number of urea groups is 1. The van der Waals surface area contributed by atoms with Crippen molar-refractivity contribution in [1.82, 2.24) is 9.80 Å². The van der Waals surface area contributed by atoms with Gasteiger partial charge in [0.1, 0.15) is 0 Å². The molecular weight excluding hydrogens is 391 g/mol. The summed E-state index contributed by atoms with van der Waals surface area (Å²) in [6.07, 6.45) is 1.81. The summed E-state index contributed by atoms with van der Waals surface area (Å²) in [5.41, 5.74) is 1.09. The van der Waals surface area contributed by atoms with Gasteiger partial charge in [-0.2, -0.15) is 0 Å². The first-order chi connectivity index (χ1) is 12.7. The van der Waals surface area contributed by atoms with E-state index in [9.17, 15) is 9.59 Å². The maximum atomic E-state index is 12.9. The standard InChI is InChI=1S/C21H24N2O2Se/c1-2-3-14-23-20(24)19(26-18-12-8-5-9-13-18)16-22(21(23)25)15-17-10-6-4-7-11-17/h4-13,19H,2-3,14-16H2,1H3. The molecule has 5 heteroatoms. The van der Waals surface area contributed by atoms with E-state index >= 15 is 0 Å². The van der Waals surface area contributed by atoms with Crippen LogP contribution in [0.2, 0.25) is 4.82 Å². The van der Waals surface area contributed by atoms with Gasteiger partial charge in [-0.1, -0.05) is 0 Å². The molecule has 0 aliphatic carbocycles. The number of amides is 3. The third kappa shape index (κ3) is 4.54. The molecule has 0 bridgehead atoms. The van der Waals surface area contributed by atoms with Crippen molar-refractivity contribution >= 4 is 31.4 Å². The molecule has 1 saturated heterocycles. The maximum absolute atomic E-state index is 12.9. The predicted molar refractivity (Wildman–Crippen MR) is 104 cm³/mol. The Morgan fingerprint density at radius 2 is 1.65 bits per heavy atom. The summed E-state index contributed by atoms with van der Waals surface area (Å²) >= 11 is 0.0123. The van der Waals surface area contributed by atoms with Crippen LogP contribution >= 0.6 is 0 Å². The fraction of sp³-hybridized carbons (Fsp3) is 0.333. The Bertz CT molecular complexity index is 677. The van der Waals surface area contributed by atoms with Crippen molar-refractivity contribution in [2.45, 2.75) is 31.1 Å². The summed E-state index contributed by atoms with van der Waals surface area (Å²) in [5, 5.41) is 0. The molecule has 0 radical (unpaired) electrons. The van der Waals surface area contributed by atoms with E-state index in [0.29, 0.717) is 19.6 Å². The molecule has 0 saturated carbocycles. The van der Waals surface area contributed by atoms with E-state index < -0.39 is 0 Å². The average molecular weight is 415 g/mol. The molecule has 0 N–H and O–H groups in total. The van der Waals surface area contributed by atoms with E-state index in [0.717, 1.165) is 18.4 Å². The van der Waals surface area contributed by atoms with Crippen LogP contribution in [0, 0.1) is 0 Å². The number of nitrogens with zero attached hydrogens (tertiary/aromatic N) is 2. The zero-order valence-electron chi connectivity index (χ0n) is 15.0. The molecule has 0 spiro atoms. The summed E-state index contributed by atoms with van der Waals surface area (Å²) in [5.74, 6) is -0.00313. The molecule has 2 aromatic rings. The SMILES string of the molecule is CCCCN1C(=O)C([Se]c2ccccc2)CN(Cc2ccccc2)C1=O. The van der Waals surface area contributed by atoms with Crippen LogP contribution in [-0.2, 0) is 11.3 Å². The molecule has 4 nitrogen and oxygen atoms in total. The number of rotatable bonds is 7. The first kappa shape index (κ1) is 18.7. The quantitative estimate of drug-likeness (QED) is 0.653. The van der Waals surface area contributed by atoms with Crippen molar-refractivity contribution in [2.75, 3.05) is 13.1 Å². The van der Waals surface area contributed by atoms with Crippen molar-refractivity contribution in [1.29, 1.82) is 0 Å². The number of carbonyl (C=O) groups excluding carboxylic acids is 2. The monoisotopic (exact) mass is 416 g/mol. The molecule has 0 aromatic heterocycles. The summed E-state index contributed by atoms with van der Waals surface area (Å²) < 4.78 is 1.20. The minimum atomic E-state index is -0.146. The van der Waals surface area contributed by atoms with E-state index in [2.05, 4.69) is 19.1 Å². The zero-order valence-corrected chi connectivity index (χ0v) is 16.7. The number of hydrogen-bond acceptors (Lipinski definition) is 2. The second-order valence-corrected chi connectivity index (χ2v) is 9.09. The Morgan fingerprint density at radius 3 is 2.31 bits per heavy atom. The molecule has 26 heavy (non-hydrogen) atoms. The fourth-order valence-corrected chi connectivity index (χ4v) is 5.37.